The number of benzene rings is 1. The van der Waals surface area contributed by atoms with E-state index < -0.39 is 59.9 Å². The lowest BCUT2D eigenvalue weighted by atomic mass is 9.97. The highest BCUT2D eigenvalue weighted by Gasteiger charge is 2.33. The number of amides is 3. The Labute approximate surface area is 205 Å². The fourth-order valence-electron chi connectivity index (χ4n) is 3.28. The van der Waals surface area contributed by atoms with Crippen LogP contribution in [0.25, 0.3) is 0 Å². The number of hydrogen-bond donors (Lipinski definition) is 7. The number of aromatic hydroxyl groups is 1. The Morgan fingerprint density at radius 3 is 1.89 bits per heavy atom. The molecular formula is C24H38N4O7. The van der Waals surface area contributed by atoms with E-state index in [4.69, 9.17) is 5.73 Å². The number of hydrogen-bond acceptors (Lipinski definition) is 7. The Morgan fingerprint density at radius 2 is 1.43 bits per heavy atom. The van der Waals surface area contributed by atoms with Crippen molar-refractivity contribution in [3.8, 4) is 5.75 Å². The van der Waals surface area contributed by atoms with Crippen LogP contribution in [-0.2, 0) is 25.6 Å². The van der Waals surface area contributed by atoms with Crippen LogP contribution in [0.1, 0.15) is 46.6 Å². The maximum atomic E-state index is 13.2. The van der Waals surface area contributed by atoms with Gasteiger partial charge < -0.3 is 37.0 Å². The molecule has 6 unspecified atom stereocenters. The molecule has 1 aromatic carbocycles. The SMILES string of the molecule is CCC(C)C(N)C(=O)NC(Cc1ccc(O)cc1)C(=O)NC(C(=O)NC(C(=O)O)C(C)O)C(C)C. The van der Waals surface area contributed by atoms with Crippen LogP contribution in [-0.4, -0.2) is 69.3 Å². The number of aliphatic hydroxyl groups is 1. The van der Waals surface area contributed by atoms with Gasteiger partial charge in [-0.05, 0) is 36.5 Å². The highest BCUT2D eigenvalue weighted by molar-refractivity contribution is 5.94. The normalized spacial score (nSPS) is 16.3. The third-order valence-corrected chi connectivity index (χ3v) is 5.86. The molecule has 1 aromatic rings. The minimum absolute atomic E-state index is 0.0419. The highest BCUT2D eigenvalue weighted by Crippen LogP contribution is 2.13. The summed E-state index contributed by atoms with van der Waals surface area (Å²) in [6.45, 7) is 8.26. The van der Waals surface area contributed by atoms with Gasteiger partial charge in [0.1, 0.15) is 17.8 Å². The molecule has 0 aromatic heterocycles. The van der Waals surface area contributed by atoms with E-state index in [1.54, 1.807) is 26.0 Å². The summed E-state index contributed by atoms with van der Waals surface area (Å²) in [4.78, 5) is 50.1. The number of carbonyl (C=O) groups is 4. The molecule has 0 spiro atoms. The molecule has 0 saturated carbocycles. The monoisotopic (exact) mass is 494 g/mol. The quantitative estimate of drug-likeness (QED) is 0.197. The van der Waals surface area contributed by atoms with Gasteiger partial charge >= 0.3 is 5.97 Å². The van der Waals surface area contributed by atoms with E-state index in [2.05, 4.69) is 16.0 Å². The summed E-state index contributed by atoms with van der Waals surface area (Å²) in [5.74, 6) is -3.92. The lowest BCUT2D eigenvalue weighted by Crippen LogP contribution is -2.60. The number of phenols is 1. The first-order chi connectivity index (χ1) is 16.3. The van der Waals surface area contributed by atoms with Gasteiger partial charge in [-0.15, -0.1) is 0 Å². The molecule has 6 atom stereocenters. The van der Waals surface area contributed by atoms with Gasteiger partial charge in [-0.2, -0.15) is 0 Å². The number of rotatable bonds is 13. The summed E-state index contributed by atoms with van der Waals surface area (Å²) in [7, 11) is 0. The van der Waals surface area contributed by atoms with Gasteiger partial charge in [0.15, 0.2) is 6.04 Å². The number of nitrogens with two attached hydrogens (primary N) is 1. The minimum atomic E-state index is -1.55. The van der Waals surface area contributed by atoms with Crippen LogP contribution in [0.2, 0.25) is 0 Å². The third-order valence-electron chi connectivity index (χ3n) is 5.86. The third kappa shape index (κ3) is 9.18. The van der Waals surface area contributed by atoms with Gasteiger partial charge in [0.05, 0.1) is 12.1 Å². The molecule has 35 heavy (non-hydrogen) atoms. The van der Waals surface area contributed by atoms with E-state index in [1.807, 2.05) is 13.8 Å². The number of aliphatic carboxylic acids is 1. The highest BCUT2D eigenvalue weighted by atomic mass is 16.4. The van der Waals surface area contributed by atoms with E-state index in [0.29, 0.717) is 12.0 Å². The molecule has 0 aliphatic carbocycles. The topological polar surface area (TPSA) is 191 Å². The van der Waals surface area contributed by atoms with Gasteiger partial charge in [-0.3, -0.25) is 14.4 Å². The zero-order valence-electron chi connectivity index (χ0n) is 20.8. The lowest BCUT2D eigenvalue weighted by molar-refractivity contribution is -0.145. The second-order valence-corrected chi connectivity index (χ2v) is 9.14. The Kier molecular flexibility index (Phi) is 11.6. The Morgan fingerprint density at radius 1 is 0.886 bits per heavy atom. The van der Waals surface area contributed by atoms with Crippen molar-refractivity contribution in [1.29, 1.82) is 0 Å². The molecule has 0 bridgehead atoms. The fraction of sp³-hybridized carbons (Fsp3) is 0.583. The predicted octanol–water partition coefficient (Wildman–Crippen LogP) is -0.116. The summed E-state index contributed by atoms with van der Waals surface area (Å²) in [6.07, 6.45) is -0.640. The summed E-state index contributed by atoms with van der Waals surface area (Å²) >= 11 is 0. The van der Waals surface area contributed by atoms with Crippen molar-refractivity contribution in [2.45, 2.75) is 77.7 Å². The van der Waals surface area contributed by atoms with E-state index in [-0.39, 0.29) is 18.1 Å². The predicted molar refractivity (Wildman–Crippen MR) is 129 cm³/mol. The van der Waals surface area contributed by atoms with Crippen LogP contribution < -0.4 is 21.7 Å². The molecule has 0 saturated heterocycles. The minimum Gasteiger partial charge on any atom is -0.508 e. The van der Waals surface area contributed by atoms with Gasteiger partial charge in [-0.25, -0.2) is 4.79 Å². The molecule has 0 heterocycles. The smallest absolute Gasteiger partial charge is 0.328 e. The first-order valence-corrected chi connectivity index (χ1v) is 11.6. The summed E-state index contributed by atoms with van der Waals surface area (Å²) in [5.41, 5.74) is 6.67. The van der Waals surface area contributed by atoms with Crippen LogP contribution in [0.4, 0.5) is 0 Å². The largest absolute Gasteiger partial charge is 0.508 e. The number of phenolic OH excluding ortho intramolecular Hbond substituents is 1. The van der Waals surface area contributed by atoms with E-state index >= 15 is 0 Å². The van der Waals surface area contributed by atoms with Gasteiger partial charge in [0.2, 0.25) is 17.7 Å². The number of aliphatic hydroxyl groups excluding tert-OH is 1. The van der Waals surface area contributed by atoms with Gasteiger partial charge in [-0.1, -0.05) is 46.2 Å². The van der Waals surface area contributed by atoms with Crippen molar-refractivity contribution in [2.75, 3.05) is 0 Å². The Bertz CT molecular complexity index is 873. The molecule has 196 valence electrons. The maximum absolute atomic E-state index is 13.2. The summed E-state index contributed by atoms with van der Waals surface area (Å²) in [6, 6.07) is 1.47. The van der Waals surface area contributed by atoms with Crippen molar-refractivity contribution in [3.63, 3.8) is 0 Å². The molecule has 0 aliphatic rings. The Hall–Kier alpha value is -3.18. The van der Waals surface area contributed by atoms with Crippen LogP contribution in [0.5, 0.6) is 5.75 Å². The van der Waals surface area contributed by atoms with Crippen LogP contribution >= 0.6 is 0 Å². The van der Waals surface area contributed by atoms with Crippen molar-refractivity contribution in [2.24, 2.45) is 17.6 Å². The zero-order chi connectivity index (χ0) is 26.9. The van der Waals surface area contributed by atoms with E-state index in [0.717, 1.165) is 0 Å². The fourth-order valence-corrected chi connectivity index (χ4v) is 3.28. The second kappa shape index (κ2) is 13.6. The van der Waals surface area contributed by atoms with Crippen molar-refractivity contribution >= 4 is 23.7 Å². The number of carboxylic acid groups (broad SMARTS) is 1. The van der Waals surface area contributed by atoms with Gasteiger partial charge in [0.25, 0.3) is 0 Å². The molecule has 11 nitrogen and oxygen atoms in total. The standard InChI is InChI=1S/C24H38N4O7/c1-6-13(4)18(25)22(32)26-17(11-15-7-9-16(30)10-8-15)21(31)27-19(12(2)3)23(33)28-20(14(5)29)24(34)35/h7-10,12-14,17-20,29-30H,6,11,25H2,1-5H3,(H,26,32)(H,27,31)(H,28,33)(H,34,35). The first-order valence-electron chi connectivity index (χ1n) is 11.6. The van der Waals surface area contributed by atoms with E-state index in [9.17, 15) is 34.5 Å². The molecular weight excluding hydrogens is 456 g/mol. The lowest BCUT2D eigenvalue weighted by Gasteiger charge is -2.28. The van der Waals surface area contributed by atoms with Crippen molar-refractivity contribution < 1.29 is 34.5 Å². The molecule has 0 radical (unpaired) electrons. The van der Waals surface area contributed by atoms with E-state index in [1.165, 1.54) is 19.1 Å². The molecule has 0 fully saturated rings. The Balaban J connectivity index is 3.13. The van der Waals surface area contributed by atoms with Crippen molar-refractivity contribution in [3.05, 3.63) is 29.8 Å². The summed E-state index contributed by atoms with van der Waals surface area (Å²) in [5, 5.41) is 35.9. The average Bonchev–Trinajstić information content (AvgIpc) is 2.79. The van der Waals surface area contributed by atoms with Crippen LogP contribution in [0, 0.1) is 11.8 Å². The number of nitrogens with one attached hydrogen (secondary N) is 3. The molecule has 11 heteroatoms. The molecule has 3 amide bonds. The molecule has 1 rings (SSSR count). The molecule has 8 N–H and O–H groups in total. The maximum Gasteiger partial charge on any atom is 0.328 e. The first kappa shape index (κ1) is 29.9. The van der Waals surface area contributed by atoms with Crippen molar-refractivity contribution in [1.82, 2.24) is 16.0 Å². The molecule has 0 aliphatic heterocycles. The summed E-state index contributed by atoms with van der Waals surface area (Å²) < 4.78 is 0. The van der Waals surface area contributed by atoms with Gasteiger partial charge in [0, 0.05) is 6.42 Å². The zero-order valence-corrected chi connectivity index (χ0v) is 20.8. The number of carbonyl (C=O) groups excluding carboxylic acids is 3. The second-order valence-electron chi connectivity index (χ2n) is 9.14. The average molecular weight is 495 g/mol. The van der Waals surface area contributed by atoms with Crippen LogP contribution in [0.3, 0.4) is 0 Å². The number of carboxylic acids is 1. The van der Waals surface area contributed by atoms with Crippen LogP contribution in [0.15, 0.2) is 24.3 Å².